The van der Waals surface area contributed by atoms with E-state index < -0.39 is 35.6 Å². The summed E-state index contributed by atoms with van der Waals surface area (Å²) in [6, 6.07) is 10.7. The lowest BCUT2D eigenvalue weighted by Crippen LogP contribution is -2.29. The molecule has 4 aromatic rings. The van der Waals surface area contributed by atoms with E-state index >= 15 is 4.39 Å². The molecule has 5 rings (SSSR count). The molecule has 252 valence electrons. The second-order valence-corrected chi connectivity index (χ2v) is 12.4. The number of alkyl halides is 3. The third kappa shape index (κ3) is 8.64. The molecule has 0 aliphatic carbocycles. The molecule has 0 unspecified atom stereocenters. The average molecular weight is 659 g/mol. The molecule has 1 amide bonds. The van der Waals surface area contributed by atoms with Crippen molar-refractivity contribution in [1.82, 2.24) is 19.9 Å². The van der Waals surface area contributed by atoms with Crippen LogP contribution < -0.4 is 10.1 Å². The highest BCUT2D eigenvalue weighted by Gasteiger charge is 2.35. The molecule has 0 fully saturated rings. The van der Waals surface area contributed by atoms with Gasteiger partial charge in [-0.2, -0.15) is 18.3 Å². The highest BCUT2D eigenvalue weighted by molar-refractivity contribution is 5.93. The maximum Gasteiger partial charge on any atom is 0.386 e. The van der Waals surface area contributed by atoms with Gasteiger partial charge in [-0.25, -0.2) is 18.7 Å². The number of halogens is 4. The maximum absolute atomic E-state index is 15.5. The number of aryl methyl sites for hydroxylation is 2. The summed E-state index contributed by atoms with van der Waals surface area (Å²) in [4.78, 5) is 30.5. The van der Waals surface area contributed by atoms with Crippen molar-refractivity contribution >= 4 is 17.5 Å². The van der Waals surface area contributed by atoms with Gasteiger partial charge in [0.15, 0.2) is 29.0 Å². The standard InChI is InChI=1S/C32H35FN4O5.C2H3F3/c1-17-9-11-20(12-10-17)16-34-30(38)24-15-25-35-19(3)26(29(31(39)40)42-32(4,5)6)27(37(25)36-24)22-14-23(33)28-21(18(22)2)8-7-13-41-28;1-2(3,4)5/h9-12,14-15,29H,7-8,13,16H2,1-6H3,(H,34,38)(H,39,40);1H3/t29-;/m0./s1. The summed E-state index contributed by atoms with van der Waals surface area (Å²) in [6.07, 6.45) is -4.09. The molecule has 3 heterocycles. The number of carbonyl (C=O) groups excluding carboxylic acids is 1. The molecule has 47 heavy (non-hydrogen) atoms. The summed E-state index contributed by atoms with van der Waals surface area (Å²) in [6.45, 7) is 11.7. The van der Waals surface area contributed by atoms with Crippen molar-refractivity contribution in [3.8, 4) is 17.0 Å². The Morgan fingerprint density at radius 3 is 2.32 bits per heavy atom. The first-order valence-electron chi connectivity index (χ1n) is 15.0. The van der Waals surface area contributed by atoms with Gasteiger partial charge in [0.2, 0.25) is 0 Å². The van der Waals surface area contributed by atoms with Crippen LogP contribution in [0.25, 0.3) is 16.9 Å². The lowest BCUT2D eigenvalue weighted by Gasteiger charge is -2.28. The van der Waals surface area contributed by atoms with Gasteiger partial charge in [0, 0.05) is 41.9 Å². The Bertz CT molecular complexity index is 1790. The Morgan fingerprint density at radius 1 is 1.09 bits per heavy atom. The summed E-state index contributed by atoms with van der Waals surface area (Å²) in [7, 11) is 0. The zero-order valence-electron chi connectivity index (χ0n) is 27.3. The number of fused-ring (bicyclic) bond motifs is 2. The van der Waals surface area contributed by atoms with Crippen molar-refractivity contribution < 1.29 is 41.7 Å². The highest BCUT2D eigenvalue weighted by Crippen LogP contribution is 2.41. The first kappa shape index (κ1) is 35.3. The number of carbonyl (C=O) groups is 2. The minimum Gasteiger partial charge on any atom is -0.490 e. The van der Waals surface area contributed by atoms with Crippen molar-refractivity contribution in [2.45, 2.75) is 85.7 Å². The number of aromatic nitrogens is 3. The summed E-state index contributed by atoms with van der Waals surface area (Å²) in [5.74, 6) is -1.99. The molecule has 0 saturated carbocycles. The van der Waals surface area contributed by atoms with Gasteiger partial charge in [-0.05, 0) is 71.6 Å². The molecule has 13 heteroatoms. The molecule has 0 saturated heterocycles. The number of nitrogens with zero attached hydrogens (tertiary/aromatic N) is 3. The number of amides is 1. The van der Waals surface area contributed by atoms with Crippen LogP contribution in [0.5, 0.6) is 5.75 Å². The van der Waals surface area contributed by atoms with Gasteiger partial charge in [-0.3, -0.25) is 4.79 Å². The Labute approximate surface area is 269 Å². The van der Waals surface area contributed by atoms with Gasteiger partial charge in [-0.15, -0.1) is 0 Å². The fourth-order valence-corrected chi connectivity index (χ4v) is 5.29. The van der Waals surface area contributed by atoms with Gasteiger partial charge < -0.3 is 19.9 Å². The van der Waals surface area contributed by atoms with Crippen molar-refractivity contribution in [3.63, 3.8) is 0 Å². The van der Waals surface area contributed by atoms with Crippen molar-refractivity contribution in [2.75, 3.05) is 6.61 Å². The predicted molar refractivity (Wildman–Crippen MR) is 167 cm³/mol. The van der Waals surface area contributed by atoms with E-state index in [1.54, 1.807) is 33.8 Å². The van der Waals surface area contributed by atoms with Crippen molar-refractivity contribution in [2.24, 2.45) is 0 Å². The molecule has 2 N–H and O–H groups in total. The van der Waals surface area contributed by atoms with Crippen LogP contribution in [0.2, 0.25) is 0 Å². The smallest absolute Gasteiger partial charge is 0.386 e. The van der Waals surface area contributed by atoms with E-state index in [1.165, 1.54) is 10.6 Å². The van der Waals surface area contributed by atoms with Crippen LogP contribution >= 0.6 is 0 Å². The van der Waals surface area contributed by atoms with E-state index in [4.69, 9.17) is 9.47 Å². The number of ether oxygens (including phenoxy) is 2. The van der Waals surface area contributed by atoms with Gasteiger partial charge >= 0.3 is 12.1 Å². The van der Waals surface area contributed by atoms with Crippen LogP contribution in [-0.2, 0) is 22.5 Å². The third-order valence-electron chi connectivity index (χ3n) is 7.29. The molecule has 1 aliphatic rings. The highest BCUT2D eigenvalue weighted by atomic mass is 19.4. The van der Waals surface area contributed by atoms with E-state index in [-0.39, 0.29) is 23.9 Å². The van der Waals surface area contributed by atoms with Crippen molar-refractivity contribution in [3.05, 3.63) is 81.4 Å². The number of carboxylic acids is 1. The van der Waals surface area contributed by atoms with E-state index in [2.05, 4.69) is 15.4 Å². The van der Waals surface area contributed by atoms with E-state index in [0.29, 0.717) is 42.2 Å². The number of aliphatic carboxylic acids is 1. The van der Waals surface area contributed by atoms with Crippen LogP contribution in [-0.4, -0.2) is 50.0 Å². The van der Waals surface area contributed by atoms with E-state index in [1.807, 2.05) is 38.1 Å². The van der Waals surface area contributed by atoms with Crippen LogP contribution in [0.4, 0.5) is 17.6 Å². The second-order valence-electron chi connectivity index (χ2n) is 12.4. The van der Waals surface area contributed by atoms with Crippen molar-refractivity contribution in [1.29, 1.82) is 0 Å². The Morgan fingerprint density at radius 2 is 1.72 bits per heavy atom. The molecule has 2 aromatic carbocycles. The van der Waals surface area contributed by atoms with Crippen LogP contribution in [0, 0.1) is 26.6 Å². The quantitative estimate of drug-likeness (QED) is 0.202. The molecule has 1 atom stereocenters. The molecular weight excluding hydrogens is 620 g/mol. The third-order valence-corrected chi connectivity index (χ3v) is 7.29. The first-order chi connectivity index (χ1) is 21.8. The van der Waals surface area contributed by atoms with Gasteiger partial charge in [-0.1, -0.05) is 29.8 Å². The molecule has 2 aromatic heterocycles. The predicted octanol–water partition coefficient (Wildman–Crippen LogP) is 7.23. The zero-order valence-corrected chi connectivity index (χ0v) is 27.3. The normalized spacial score (nSPS) is 13.7. The average Bonchev–Trinajstić information content (AvgIpc) is 3.39. The molecule has 0 radical (unpaired) electrons. The SMILES string of the molecule is CC(F)(F)F.Cc1ccc(CNC(=O)c2cc3nc(C)c([C@H](OC(C)(C)C)C(=O)O)c(-c4cc(F)c5c(c4C)CCCO5)n3n2)cc1. The Kier molecular flexibility index (Phi) is 10.3. The fourth-order valence-electron chi connectivity index (χ4n) is 5.29. The van der Waals surface area contributed by atoms with Crippen LogP contribution in [0.3, 0.4) is 0 Å². The summed E-state index contributed by atoms with van der Waals surface area (Å²) >= 11 is 0. The molecule has 0 spiro atoms. The van der Waals surface area contributed by atoms with Gasteiger partial charge in [0.05, 0.1) is 17.9 Å². The summed E-state index contributed by atoms with van der Waals surface area (Å²) in [5, 5.41) is 17.8. The molecule has 0 bridgehead atoms. The minimum absolute atomic E-state index is 0.0930. The Hall–Kier alpha value is -4.52. The lowest BCUT2D eigenvalue weighted by molar-refractivity contribution is -0.160. The number of rotatable bonds is 7. The summed E-state index contributed by atoms with van der Waals surface area (Å²) in [5.41, 5.74) is 4.43. The summed E-state index contributed by atoms with van der Waals surface area (Å²) < 4.78 is 59.7. The number of nitrogens with one attached hydrogen (secondary N) is 1. The van der Waals surface area contributed by atoms with Crippen LogP contribution in [0.15, 0.2) is 36.4 Å². The Balaban J connectivity index is 0.000000930. The number of hydrogen-bond donors (Lipinski definition) is 2. The first-order valence-corrected chi connectivity index (χ1v) is 15.0. The maximum atomic E-state index is 15.5. The van der Waals surface area contributed by atoms with Gasteiger partial charge in [0.1, 0.15) is 0 Å². The van der Waals surface area contributed by atoms with Gasteiger partial charge in [0.25, 0.3) is 5.91 Å². The molecule has 9 nitrogen and oxygen atoms in total. The lowest BCUT2D eigenvalue weighted by atomic mass is 9.91. The minimum atomic E-state index is -4.00. The molecule has 1 aliphatic heterocycles. The second kappa shape index (κ2) is 13.7. The zero-order chi connectivity index (χ0) is 34.8. The topological polar surface area (TPSA) is 115 Å². The van der Waals surface area contributed by atoms with E-state index in [9.17, 15) is 27.9 Å². The monoisotopic (exact) mass is 658 g/mol. The number of hydrogen-bond acceptors (Lipinski definition) is 6. The fraction of sp³-hybridized carbons (Fsp3) is 0.412. The van der Waals surface area contributed by atoms with E-state index in [0.717, 1.165) is 28.7 Å². The largest absolute Gasteiger partial charge is 0.490 e. The number of carboxylic acid groups (broad SMARTS) is 1. The number of benzene rings is 2. The molecular formula is C34H38F4N4O5. The van der Waals surface area contributed by atoms with Crippen LogP contribution in [0.1, 0.15) is 84.2 Å².